The summed E-state index contributed by atoms with van der Waals surface area (Å²) < 4.78 is 42.3. The van der Waals surface area contributed by atoms with Gasteiger partial charge in [0.2, 0.25) is 0 Å². The molecule has 0 radical (unpaired) electrons. The largest absolute Gasteiger partial charge is 0.497 e. The molecule has 6 aliphatic rings. The number of nitrogens with zero attached hydrogens (tertiary/aromatic N) is 4. The third kappa shape index (κ3) is 11.1. The SMILES string of the molecule is C=CC1CN2CC[C@H]1CC2C(O)c1ccnc2ccc(OC)cc12.C=CC1CN2CC[C@H]1CC2C(O)c1ccnc2ccc(OC)cc12.O.O.O.O.O=S(=O)(O)O. The maximum Gasteiger partial charge on any atom is 0.394 e. The van der Waals surface area contributed by atoms with E-state index in [1.165, 1.54) is 12.8 Å². The summed E-state index contributed by atoms with van der Waals surface area (Å²) in [6.07, 6.45) is 11.2. The fourth-order valence-corrected chi connectivity index (χ4v) is 8.89. The summed E-state index contributed by atoms with van der Waals surface area (Å²) in [4.78, 5) is 13.7. The van der Waals surface area contributed by atoms with E-state index in [4.69, 9.17) is 27.0 Å². The van der Waals surface area contributed by atoms with Crippen LogP contribution in [0.25, 0.3) is 21.8 Å². The molecular weight excluding hydrogens is 761 g/mol. The Morgan fingerprint density at radius 2 is 1.07 bits per heavy atom. The standard InChI is InChI=1S/2C20H24N2O2.H2O4S.4H2O/c2*1-3-13-12-22-9-7-14(13)10-19(22)20(23)16-6-8-21-18-5-4-15(24-2)11-17(16)18;1-5(2,3)4;;;;/h2*3-6,8,11,13-14,19-20,23H,1,7,9-10,12H2,2H3;(H2,1,2,3,4);4*1H2/t2*13?,14-,19?,20?;;;;;/m00...../s1. The van der Waals surface area contributed by atoms with Gasteiger partial charge in [-0.25, -0.2) is 0 Å². The van der Waals surface area contributed by atoms with E-state index >= 15 is 0 Å². The van der Waals surface area contributed by atoms with Gasteiger partial charge in [0.15, 0.2) is 0 Å². The predicted molar refractivity (Wildman–Crippen MR) is 219 cm³/mol. The normalized spacial score (nSPS) is 26.5. The molecule has 4 aromatic rings. The van der Waals surface area contributed by atoms with Gasteiger partial charge in [0.25, 0.3) is 0 Å². The van der Waals surface area contributed by atoms with Crippen molar-refractivity contribution < 1.29 is 59.1 Å². The van der Waals surface area contributed by atoms with Crippen LogP contribution in [0.2, 0.25) is 0 Å². The number of aromatic nitrogens is 2. The fraction of sp³-hybridized carbons (Fsp3) is 0.450. The topological polar surface area (TPSA) is 292 Å². The summed E-state index contributed by atoms with van der Waals surface area (Å²) >= 11 is 0. The van der Waals surface area contributed by atoms with Crippen LogP contribution in [0.15, 0.2) is 86.2 Å². The molecule has 316 valence electrons. The number of ether oxygens (including phenoxy) is 2. The second kappa shape index (κ2) is 21.1. The molecule has 8 unspecified atom stereocenters. The molecule has 2 aromatic carbocycles. The first-order valence-electron chi connectivity index (χ1n) is 18.1. The summed E-state index contributed by atoms with van der Waals surface area (Å²) in [5.41, 5.74) is 3.69. The van der Waals surface area contributed by atoms with Crippen molar-refractivity contribution in [2.75, 3.05) is 40.4 Å². The number of benzene rings is 2. The lowest BCUT2D eigenvalue weighted by Crippen LogP contribution is -2.54. The van der Waals surface area contributed by atoms with Crippen molar-refractivity contribution in [2.24, 2.45) is 23.7 Å². The minimum atomic E-state index is -4.67. The van der Waals surface area contributed by atoms with E-state index in [0.717, 1.165) is 83.5 Å². The molecule has 16 nitrogen and oxygen atoms in total. The van der Waals surface area contributed by atoms with E-state index in [0.29, 0.717) is 23.7 Å². The quantitative estimate of drug-likeness (QED) is 0.147. The number of rotatable bonds is 8. The molecule has 6 fully saturated rings. The fourth-order valence-electron chi connectivity index (χ4n) is 8.89. The molecule has 0 saturated carbocycles. The molecule has 6 aliphatic heterocycles. The number of aliphatic hydroxyl groups is 2. The Labute approximate surface area is 333 Å². The summed E-state index contributed by atoms with van der Waals surface area (Å²) in [6.45, 7) is 12.1. The van der Waals surface area contributed by atoms with Gasteiger partial charge < -0.3 is 41.6 Å². The van der Waals surface area contributed by atoms with E-state index in [1.54, 1.807) is 26.6 Å². The molecule has 17 heteroatoms. The van der Waals surface area contributed by atoms with Crippen LogP contribution in [-0.4, -0.2) is 122 Å². The number of aliphatic hydroxyl groups excluding tert-OH is 2. The smallest absolute Gasteiger partial charge is 0.394 e. The van der Waals surface area contributed by atoms with Gasteiger partial charge in [0.05, 0.1) is 37.5 Å². The highest BCUT2D eigenvalue weighted by Crippen LogP contribution is 2.43. The van der Waals surface area contributed by atoms with Crippen molar-refractivity contribution in [3.05, 3.63) is 97.4 Å². The average molecular weight is 819 g/mol. The first-order chi connectivity index (χ1) is 25.4. The van der Waals surface area contributed by atoms with E-state index in [9.17, 15) is 10.2 Å². The van der Waals surface area contributed by atoms with Crippen LogP contribution >= 0.6 is 0 Å². The molecule has 8 heterocycles. The molecule has 0 aliphatic carbocycles. The van der Waals surface area contributed by atoms with Gasteiger partial charge in [-0.2, -0.15) is 8.42 Å². The molecule has 0 amide bonds. The van der Waals surface area contributed by atoms with Crippen molar-refractivity contribution in [3.8, 4) is 11.5 Å². The summed E-state index contributed by atoms with van der Waals surface area (Å²) in [6, 6.07) is 15.9. The summed E-state index contributed by atoms with van der Waals surface area (Å²) in [5, 5.41) is 24.3. The molecule has 2 aromatic heterocycles. The molecule has 10 rings (SSSR count). The highest BCUT2D eigenvalue weighted by Gasteiger charge is 2.43. The van der Waals surface area contributed by atoms with Crippen molar-refractivity contribution in [1.29, 1.82) is 0 Å². The predicted octanol–water partition coefficient (Wildman–Crippen LogP) is 2.39. The number of methoxy groups -OCH3 is 2. The van der Waals surface area contributed by atoms with Gasteiger partial charge in [0.1, 0.15) is 11.5 Å². The Hall–Kier alpha value is -4.11. The third-order valence-corrected chi connectivity index (χ3v) is 11.6. The van der Waals surface area contributed by atoms with Crippen molar-refractivity contribution >= 4 is 32.2 Å². The van der Waals surface area contributed by atoms with Crippen LogP contribution in [0.5, 0.6) is 11.5 Å². The van der Waals surface area contributed by atoms with Gasteiger partial charge >= 0.3 is 10.4 Å². The van der Waals surface area contributed by atoms with Crippen LogP contribution in [0.1, 0.15) is 49.0 Å². The van der Waals surface area contributed by atoms with E-state index in [1.807, 2.05) is 48.5 Å². The Bertz CT molecular complexity index is 1900. The van der Waals surface area contributed by atoms with Gasteiger partial charge in [0, 0.05) is 48.3 Å². The number of hydrogen-bond acceptors (Lipinski definition) is 10. The first-order valence-corrected chi connectivity index (χ1v) is 19.5. The van der Waals surface area contributed by atoms with Crippen LogP contribution < -0.4 is 9.47 Å². The average Bonchev–Trinajstić information content (AvgIpc) is 3.19. The second-order valence-electron chi connectivity index (χ2n) is 14.4. The Morgan fingerprint density at radius 3 is 1.37 bits per heavy atom. The number of piperidine rings is 6. The molecule has 0 spiro atoms. The maximum absolute atomic E-state index is 11.2. The molecule has 10 atom stereocenters. The Balaban J connectivity index is 0.000000331. The zero-order valence-corrected chi connectivity index (χ0v) is 33.1. The van der Waals surface area contributed by atoms with Crippen LogP contribution in [0.4, 0.5) is 0 Å². The van der Waals surface area contributed by atoms with Gasteiger partial charge in [-0.05, 0) is 122 Å². The monoisotopic (exact) mass is 818 g/mol. The van der Waals surface area contributed by atoms with Crippen molar-refractivity contribution in [3.63, 3.8) is 0 Å². The molecule has 6 saturated heterocycles. The van der Waals surface area contributed by atoms with Crippen molar-refractivity contribution in [2.45, 2.75) is 50.0 Å². The van der Waals surface area contributed by atoms with Gasteiger partial charge in [-0.1, -0.05) is 12.2 Å². The molecular formula is C40H58N4O12S. The Kier molecular flexibility index (Phi) is 18.1. The van der Waals surface area contributed by atoms with E-state index in [2.05, 4.69) is 45.1 Å². The lowest BCUT2D eigenvalue weighted by Gasteiger charge is -2.50. The van der Waals surface area contributed by atoms with E-state index < -0.39 is 22.6 Å². The van der Waals surface area contributed by atoms with E-state index in [-0.39, 0.29) is 34.0 Å². The molecule has 57 heavy (non-hydrogen) atoms. The lowest BCUT2D eigenvalue weighted by atomic mass is 9.73. The number of pyridine rings is 2. The minimum Gasteiger partial charge on any atom is -0.497 e. The molecule has 12 N–H and O–H groups in total. The highest BCUT2D eigenvalue weighted by molar-refractivity contribution is 7.79. The zero-order valence-electron chi connectivity index (χ0n) is 32.2. The molecule has 4 bridgehead atoms. The Morgan fingerprint density at radius 1 is 0.702 bits per heavy atom. The van der Waals surface area contributed by atoms with Gasteiger partial charge in [-0.3, -0.25) is 28.9 Å². The summed E-state index contributed by atoms with van der Waals surface area (Å²) in [5.74, 6) is 4.01. The number of hydrogen-bond donors (Lipinski definition) is 4. The maximum atomic E-state index is 11.2. The summed E-state index contributed by atoms with van der Waals surface area (Å²) in [7, 11) is -1.34. The minimum absolute atomic E-state index is 0. The van der Waals surface area contributed by atoms with Gasteiger partial charge in [-0.15, -0.1) is 13.2 Å². The van der Waals surface area contributed by atoms with Crippen LogP contribution in [0.3, 0.4) is 0 Å². The number of fused-ring (bicyclic) bond motifs is 8. The third-order valence-electron chi connectivity index (χ3n) is 11.6. The van der Waals surface area contributed by atoms with Crippen LogP contribution in [-0.2, 0) is 10.4 Å². The highest BCUT2D eigenvalue weighted by atomic mass is 32.3. The van der Waals surface area contributed by atoms with Crippen molar-refractivity contribution in [1.82, 2.24) is 19.8 Å². The van der Waals surface area contributed by atoms with Crippen LogP contribution in [0, 0.1) is 23.7 Å². The second-order valence-corrected chi connectivity index (χ2v) is 15.3. The lowest BCUT2D eigenvalue weighted by molar-refractivity contribution is -0.0445. The zero-order chi connectivity index (χ0) is 37.9. The first kappa shape index (κ1) is 49.0.